The summed E-state index contributed by atoms with van der Waals surface area (Å²) < 4.78 is 5.23. The molecule has 0 bridgehead atoms. The molecule has 0 radical (unpaired) electrons. The van der Waals surface area contributed by atoms with Crippen LogP contribution in [0.4, 0.5) is 0 Å². The van der Waals surface area contributed by atoms with E-state index in [2.05, 4.69) is 17.6 Å². The standard InChI is InChI=1S/C20H31N3O3/c1-4-6-13-23-18(24)14-17(20(25)22-12-11-21-5-2)19(23)15-7-9-16(26-3)10-8-15/h7-10,17,19,21H,4-6,11-14H2,1-3H3,(H,22,25). The first-order valence-corrected chi connectivity index (χ1v) is 9.54. The lowest BCUT2D eigenvalue weighted by Gasteiger charge is -2.28. The normalized spacial score (nSPS) is 19.7. The smallest absolute Gasteiger partial charge is 0.226 e. The van der Waals surface area contributed by atoms with Gasteiger partial charge in [-0.15, -0.1) is 0 Å². The van der Waals surface area contributed by atoms with E-state index in [1.807, 2.05) is 36.1 Å². The SMILES string of the molecule is CCCCN1C(=O)CC(C(=O)NCCNCC)C1c1ccc(OC)cc1. The van der Waals surface area contributed by atoms with Crippen molar-refractivity contribution in [2.75, 3.05) is 33.3 Å². The number of carbonyl (C=O) groups excluding carboxylic acids is 2. The molecule has 1 aliphatic heterocycles. The third-order valence-corrected chi connectivity index (χ3v) is 4.83. The van der Waals surface area contributed by atoms with Crippen LogP contribution in [0.1, 0.15) is 44.7 Å². The van der Waals surface area contributed by atoms with Gasteiger partial charge >= 0.3 is 0 Å². The maximum Gasteiger partial charge on any atom is 0.226 e. The molecule has 2 unspecified atom stereocenters. The third-order valence-electron chi connectivity index (χ3n) is 4.83. The van der Waals surface area contributed by atoms with Crippen LogP contribution in [0.25, 0.3) is 0 Å². The molecule has 1 aromatic rings. The Kier molecular flexibility index (Phi) is 7.91. The van der Waals surface area contributed by atoms with Gasteiger partial charge in [0.15, 0.2) is 0 Å². The van der Waals surface area contributed by atoms with E-state index in [4.69, 9.17) is 4.74 Å². The lowest BCUT2D eigenvalue weighted by Crippen LogP contribution is -2.38. The Bertz CT molecular complexity index is 588. The Morgan fingerprint density at radius 3 is 2.58 bits per heavy atom. The fourth-order valence-corrected chi connectivity index (χ4v) is 3.41. The number of amides is 2. The quantitative estimate of drug-likeness (QED) is 0.626. The predicted molar refractivity (Wildman–Crippen MR) is 102 cm³/mol. The highest BCUT2D eigenvalue weighted by atomic mass is 16.5. The van der Waals surface area contributed by atoms with Gasteiger partial charge in [0, 0.05) is 26.1 Å². The maximum absolute atomic E-state index is 12.7. The number of likely N-dealkylation sites (N-methyl/N-ethyl adjacent to an activating group) is 1. The fraction of sp³-hybridized carbons (Fsp3) is 0.600. The average molecular weight is 361 g/mol. The Morgan fingerprint density at radius 2 is 1.96 bits per heavy atom. The number of methoxy groups -OCH3 is 1. The van der Waals surface area contributed by atoms with Crippen LogP contribution in [0.15, 0.2) is 24.3 Å². The van der Waals surface area contributed by atoms with Gasteiger partial charge in [-0.2, -0.15) is 0 Å². The van der Waals surface area contributed by atoms with Crippen LogP contribution in [-0.4, -0.2) is 50.0 Å². The second-order valence-electron chi connectivity index (χ2n) is 6.61. The van der Waals surface area contributed by atoms with Crippen LogP contribution in [0, 0.1) is 5.92 Å². The van der Waals surface area contributed by atoms with Crippen molar-refractivity contribution in [3.63, 3.8) is 0 Å². The molecule has 1 aliphatic rings. The molecule has 0 spiro atoms. The van der Waals surface area contributed by atoms with E-state index < -0.39 is 0 Å². The van der Waals surface area contributed by atoms with Crippen LogP contribution < -0.4 is 15.4 Å². The number of nitrogens with zero attached hydrogens (tertiary/aromatic N) is 1. The number of rotatable bonds is 10. The largest absolute Gasteiger partial charge is 0.497 e. The van der Waals surface area contributed by atoms with E-state index in [0.29, 0.717) is 13.1 Å². The summed E-state index contributed by atoms with van der Waals surface area (Å²) in [4.78, 5) is 27.2. The molecular weight excluding hydrogens is 330 g/mol. The minimum atomic E-state index is -0.352. The molecular formula is C20H31N3O3. The summed E-state index contributed by atoms with van der Waals surface area (Å²) in [5.74, 6) is 0.432. The Hall–Kier alpha value is -2.08. The molecule has 0 aliphatic carbocycles. The van der Waals surface area contributed by atoms with Crippen LogP contribution in [0.5, 0.6) is 5.75 Å². The number of hydrogen-bond acceptors (Lipinski definition) is 4. The van der Waals surface area contributed by atoms with Crippen molar-refractivity contribution in [2.45, 2.75) is 39.2 Å². The Balaban J connectivity index is 2.18. The highest BCUT2D eigenvalue weighted by molar-refractivity contribution is 5.90. The molecule has 26 heavy (non-hydrogen) atoms. The van der Waals surface area contributed by atoms with Gasteiger partial charge in [0.05, 0.1) is 19.1 Å². The van der Waals surface area contributed by atoms with E-state index in [9.17, 15) is 9.59 Å². The van der Waals surface area contributed by atoms with Crippen LogP contribution in [0.2, 0.25) is 0 Å². The average Bonchev–Trinajstić information content (AvgIpc) is 2.99. The van der Waals surface area contributed by atoms with E-state index in [1.54, 1.807) is 7.11 Å². The van der Waals surface area contributed by atoms with E-state index in [1.165, 1.54) is 0 Å². The number of nitrogens with one attached hydrogen (secondary N) is 2. The molecule has 6 heteroatoms. The van der Waals surface area contributed by atoms with E-state index in [0.717, 1.165) is 37.2 Å². The zero-order chi connectivity index (χ0) is 18.9. The monoisotopic (exact) mass is 361 g/mol. The molecule has 2 atom stereocenters. The second-order valence-corrected chi connectivity index (χ2v) is 6.61. The zero-order valence-corrected chi connectivity index (χ0v) is 16.1. The van der Waals surface area contributed by atoms with Crippen LogP contribution in [0.3, 0.4) is 0 Å². The molecule has 144 valence electrons. The highest BCUT2D eigenvalue weighted by Gasteiger charge is 2.43. The lowest BCUT2D eigenvalue weighted by molar-refractivity contribution is -0.129. The lowest BCUT2D eigenvalue weighted by atomic mass is 9.92. The Labute approximate surface area is 156 Å². The van der Waals surface area contributed by atoms with Crippen molar-refractivity contribution in [2.24, 2.45) is 5.92 Å². The fourth-order valence-electron chi connectivity index (χ4n) is 3.41. The summed E-state index contributed by atoms with van der Waals surface area (Å²) in [6.07, 6.45) is 2.22. The molecule has 1 fully saturated rings. The summed E-state index contributed by atoms with van der Waals surface area (Å²) in [5.41, 5.74) is 0.986. The van der Waals surface area contributed by atoms with Crippen molar-refractivity contribution >= 4 is 11.8 Å². The third kappa shape index (κ3) is 4.97. The van der Waals surface area contributed by atoms with Gasteiger partial charge in [-0.25, -0.2) is 0 Å². The molecule has 1 heterocycles. The molecule has 0 aromatic heterocycles. The first kappa shape index (κ1) is 20.2. The highest BCUT2D eigenvalue weighted by Crippen LogP contribution is 2.39. The molecule has 1 saturated heterocycles. The molecule has 2 N–H and O–H groups in total. The van der Waals surface area contributed by atoms with Crippen molar-refractivity contribution in [3.8, 4) is 5.75 Å². The molecule has 1 aromatic carbocycles. The van der Waals surface area contributed by atoms with Crippen molar-refractivity contribution in [3.05, 3.63) is 29.8 Å². The van der Waals surface area contributed by atoms with Crippen LogP contribution >= 0.6 is 0 Å². The number of ether oxygens (including phenoxy) is 1. The first-order chi connectivity index (χ1) is 12.6. The molecule has 0 saturated carbocycles. The van der Waals surface area contributed by atoms with Gasteiger partial charge in [0.1, 0.15) is 5.75 Å². The summed E-state index contributed by atoms with van der Waals surface area (Å²) >= 11 is 0. The number of benzene rings is 1. The van der Waals surface area contributed by atoms with Gasteiger partial charge in [-0.3, -0.25) is 9.59 Å². The predicted octanol–water partition coefficient (Wildman–Crippen LogP) is 2.11. The first-order valence-electron chi connectivity index (χ1n) is 9.54. The summed E-state index contributed by atoms with van der Waals surface area (Å²) in [7, 11) is 1.63. The summed E-state index contributed by atoms with van der Waals surface area (Å²) in [5, 5.41) is 6.16. The van der Waals surface area contributed by atoms with Crippen molar-refractivity contribution < 1.29 is 14.3 Å². The van der Waals surface area contributed by atoms with Crippen molar-refractivity contribution in [1.82, 2.24) is 15.5 Å². The second kappa shape index (κ2) is 10.2. The molecule has 2 amide bonds. The van der Waals surface area contributed by atoms with Gasteiger partial charge in [-0.05, 0) is 30.7 Å². The van der Waals surface area contributed by atoms with Gasteiger partial charge in [0.2, 0.25) is 11.8 Å². The number of likely N-dealkylation sites (tertiary alicyclic amines) is 1. The minimum Gasteiger partial charge on any atom is -0.497 e. The van der Waals surface area contributed by atoms with Crippen molar-refractivity contribution in [1.29, 1.82) is 0 Å². The van der Waals surface area contributed by atoms with Gasteiger partial charge < -0.3 is 20.3 Å². The topological polar surface area (TPSA) is 70.7 Å². The number of unbranched alkanes of at least 4 members (excludes halogenated alkanes) is 1. The number of hydrogen-bond donors (Lipinski definition) is 2. The summed E-state index contributed by atoms with van der Waals surface area (Å²) in [6, 6.07) is 7.48. The van der Waals surface area contributed by atoms with Gasteiger partial charge in [-0.1, -0.05) is 32.4 Å². The Morgan fingerprint density at radius 1 is 1.23 bits per heavy atom. The molecule has 2 rings (SSSR count). The van der Waals surface area contributed by atoms with Gasteiger partial charge in [0.25, 0.3) is 0 Å². The summed E-state index contributed by atoms with van der Waals surface area (Å²) in [6.45, 7) is 7.00. The maximum atomic E-state index is 12.7. The number of carbonyl (C=O) groups is 2. The molecule has 6 nitrogen and oxygen atoms in total. The zero-order valence-electron chi connectivity index (χ0n) is 16.1. The minimum absolute atomic E-state index is 0.0453. The van der Waals surface area contributed by atoms with E-state index >= 15 is 0 Å². The van der Waals surface area contributed by atoms with Crippen LogP contribution in [-0.2, 0) is 9.59 Å². The van der Waals surface area contributed by atoms with E-state index in [-0.39, 0.29) is 30.2 Å².